The van der Waals surface area contributed by atoms with Crippen LogP contribution in [0.1, 0.15) is 0 Å². The van der Waals surface area contributed by atoms with Gasteiger partial charge in [0.2, 0.25) is 0 Å². The van der Waals surface area contributed by atoms with Crippen LogP contribution >= 0.6 is 11.3 Å². The molecule has 4 heteroatoms. The topological polar surface area (TPSA) is 38.7 Å². The molecule has 0 bridgehead atoms. The molecule has 9 aromatic carbocycles. The molecule has 3 nitrogen and oxygen atoms in total. The second-order valence-electron chi connectivity index (χ2n) is 13.5. The van der Waals surface area contributed by atoms with Crippen LogP contribution in [0.15, 0.2) is 176 Å². The summed E-state index contributed by atoms with van der Waals surface area (Å²) < 4.78 is 2.44. The highest BCUT2D eigenvalue weighted by atomic mass is 32.1. The van der Waals surface area contributed by atoms with E-state index in [4.69, 9.17) is 15.0 Å². The summed E-state index contributed by atoms with van der Waals surface area (Å²) in [5.41, 5.74) is 5.18. The Hall–Kier alpha value is -6.75. The second kappa shape index (κ2) is 11.9. The summed E-state index contributed by atoms with van der Waals surface area (Å²) in [5.74, 6) is 1.98. The number of rotatable bonds is 4. The number of hydrogen-bond donors (Lipinski definition) is 0. The molecule has 0 saturated carbocycles. The van der Waals surface area contributed by atoms with E-state index in [1.54, 1.807) is 11.3 Å². The Labute approximate surface area is 309 Å². The number of aromatic nitrogens is 3. The zero-order valence-electron chi connectivity index (χ0n) is 28.5. The Morgan fingerprint density at radius 1 is 0.321 bits per heavy atom. The molecular formula is C49H29N3S. The van der Waals surface area contributed by atoms with Crippen molar-refractivity contribution in [3.05, 3.63) is 176 Å². The van der Waals surface area contributed by atoms with E-state index in [0.717, 1.165) is 27.8 Å². The van der Waals surface area contributed by atoms with Crippen LogP contribution in [-0.4, -0.2) is 15.0 Å². The van der Waals surface area contributed by atoms with Gasteiger partial charge in [-0.15, -0.1) is 11.3 Å². The molecule has 0 spiro atoms. The Kier molecular flexibility index (Phi) is 6.73. The highest BCUT2D eigenvalue weighted by molar-refractivity contribution is 7.26. The molecule has 0 atom stereocenters. The summed E-state index contributed by atoms with van der Waals surface area (Å²) in [6, 6.07) is 62.8. The Morgan fingerprint density at radius 3 is 1.77 bits per heavy atom. The third kappa shape index (κ3) is 4.84. The van der Waals surface area contributed by atoms with Gasteiger partial charge in [0, 0.05) is 36.9 Å². The lowest BCUT2D eigenvalue weighted by molar-refractivity contribution is 1.08. The predicted molar refractivity (Wildman–Crippen MR) is 224 cm³/mol. The van der Waals surface area contributed by atoms with Crippen LogP contribution in [0, 0.1) is 0 Å². The van der Waals surface area contributed by atoms with Gasteiger partial charge in [-0.1, -0.05) is 152 Å². The summed E-state index contributed by atoms with van der Waals surface area (Å²) in [4.78, 5) is 15.4. The van der Waals surface area contributed by atoms with E-state index in [-0.39, 0.29) is 0 Å². The maximum absolute atomic E-state index is 5.19. The maximum atomic E-state index is 5.19. The molecule has 0 fully saturated rings. The number of thiophene rings is 1. The van der Waals surface area contributed by atoms with Gasteiger partial charge in [0.15, 0.2) is 17.5 Å². The minimum atomic E-state index is 0.650. The fourth-order valence-corrected chi connectivity index (χ4v) is 9.22. The molecule has 0 unspecified atom stereocenters. The van der Waals surface area contributed by atoms with Gasteiger partial charge in [-0.2, -0.15) is 0 Å². The normalized spacial score (nSPS) is 11.8. The third-order valence-corrected chi connectivity index (χ3v) is 11.7. The summed E-state index contributed by atoms with van der Waals surface area (Å²) in [6.45, 7) is 0. The molecule has 2 aromatic heterocycles. The molecule has 0 amide bonds. The molecular weight excluding hydrogens is 663 g/mol. The van der Waals surface area contributed by atoms with Gasteiger partial charge in [-0.3, -0.25) is 0 Å². The molecule has 53 heavy (non-hydrogen) atoms. The monoisotopic (exact) mass is 691 g/mol. The third-order valence-electron chi connectivity index (χ3n) is 10.5. The maximum Gasteiger partial charge on any atom is 0.165 e. The van der Waals surface area contributed by atoms with Gasteiger partial charge < -0.3 is 0 Å². The SMILES string of the molecule is c1ccc(-c2nc(-c3cccc(-c4ccc5c(c4)c4ccccc4c4ccc6ccccc6c45)c3)nc(-c3cccc4c3sc3ccccc34)n2)cc1. The number of fused-ring (bicyclic) bond motifs is 11. The standard InChI is InChI=1S/C49H29N3S/c1-2-13-31(14-3-1)47-50-48(52-49(51-47)42-22-11-21-41-38-20-8-9-23-44(38)53-46(41)42)34-16-10-15-32(28-34)33-25-27-40-43(29-33)37-19-7-6-18-36(37)39-26-24-30-12-4-5-17-35(30)45(39)40/h1-29H. The van der Waals surface area contributed by atoms with Crippen molar-refractivity contribution in [1.29, 1.82) is 0 Å². The first-order valence-electron chi connectivity index (χ1n) is 17.9. The quantitative estimate of drug-likeness (QED) is 0.172. The van der Waals surface area contributed by atoms with Crippen LogP contribution in [0.25, 0.3) is 109 Å². The van der Waals surface area contributed by atoms with Crippen LogP contribution in [0.4, 0.5) is 0 Å². The highest BCUT2D eigenvalue weighted by Crippen LogP contribution is 2.42. The van der Waals surface area contributed by atoms with Gasteiger partial charge in [0.25, 0.3) is 0 Å². The van der Waals surface area contributed by atoms with E-state index in [1.807, 2.05) is 18.2 Å². The van der Waals surface area contributed by atoms with Crippen LogP contribution < -0.4 is 0 Å². The first-order valence-corrected chi connectivity index (χ1v) is 18.7. The van der Waals surface area contributed by atoms with E-state index in [1.165, 1.54) is 63.3 Å². The van der Waals surface area contributed by atoms with Crippen molar-refractivity contribution in [2.75, 3.05) is 0 Å². The minimum Gasteiger partial charge on any atom is -0.208 e. The first-order chi connectivity index (χ1) is 26.3. The van der Waals surface area contributed by atoms with Crippen molar-refractivity contribution in [3.8, 4) is 45.3 Å². The summed E-state index contributed by atoms with van der Waals surface area (Å²) >= 11 is 1.79. The van der Waals surface area contributed by atoms with Crippen molar-refractivity contribution < 1.29 is 0 Å². The molecule has 0 N–H and O–H groups in total. The second-order valence-corrected chi connectivity index (χ2v) is 14.6. The predicted octanol–water partition coefficient (Wildman–Crippen LogP) is 13.5. The summed E-state index contributed by atoms with van der Waals surface area (Å²) in [7, 11) is 0. The van der Waals surface area contributed by atoms with Crippen LogP contribution in [0.2, 0.25) is 0 Å². The molecule has 0 aliphatic rings. The minimum absolute atomic E-state index is 0.650. The largest absolute Gasteiger partial charge is 0.208 e. The van der Waals surface area contributed by atoms with E-state index in [9.17, 15) is 0 Å². The van der Waals surface area contributed by atoms with Crippen molar-refractivity contribution in [2.24, 2.45) is 0 Å². The molecule has 0 aliphatic carbocycles. The molecule has 0 saturated heterocycles. The van der Waals surface area contributed by atoms with E-state index in [2.05, 4.69) is 158 Å². The van der Waals surface area contributed by atoms with Crippen LogP contribution in [0.3, 0.4) is 0 Å². The van der Waals surface area contributed by atoms with Gasteiger partial charge in [-0.25, -0.2) is 15.0 Å². The molecule has 11 rings (SSSR count). The van der Waals surface area contributed by atoms with E-state index in [0.29, 0.717) is 17.5 Å². The fraction of sp³-hybridized carbons (Fsp3) is 0. The van der Waals surface area contributed by atoms with Crippen LogP contribution in [0.5, 0.6) is 0 Å². The van der Waals surface area contributed by atoms with E-state index < -0.39 is 0 Å². The Morgan fingerprint density at radius 2 is 0.906 bits per heavy atom. The molecule has 246 valence electrons. The van der Waals surface area contributed by atoms with Crippen LogP contribution in [-0.2, 0) is 0 Å². The van der Waals surface area contributed by atoms with E-state index >= 15 is 0 Å². The zero-order valence-corrected chi connectivity index (χ0v) is 29.3. The van der Waals surface area contributed by atoms with Gasteiger partial charge in [0.05, 0.1) is 0 Å². The zero-order chi connectivity index (χ0) is 34.9. The number of hydrogen-bond acceptors (Lipinski definition) is 4. The summed E-state index contributed by atoms with van der Waals surface area (Å²) in [6.07, 6.45) is 0. The smallest absolute Gasteiger partial charge is 0.165 e. The molecule has 0 aliphatic heterocycles. The first kappa shape index (κ1) is 29.9. The highest BCUT2D eigenvalue weighted by Gasteiger charge is 2.18. The molecule has 2 heterocycles. The van der Waals surface area contributed by atoms with Crippen molar-refractivity contribution in [1.82, 2.24) is 15.0 Å². The van der Waals surface area contributed by atoms with Gasteiger partial charge >= 0.3 is 0 Å². The Bertz CT molecular complexity index is 3240. The van der Waals surface area contributed by atoms with Gasteiger partial charge in [0.1, 0.15) is 0 Å². The van der Waals surface area contributed by atoms with Crippen molar-refractivity contribution >= 4 is 74.6 Å². The summed E-state index contributed by atoms with van der Waals surface area (Å²) in [5, 5.41) is 12.6. The fourth-order valence-electron chi connectivity index (χ4n) is 8.01. The number of benzene rings is 9. The van der Waals surface area contributed by atoms with Crippen molar-refractivity contribution in [3.63, 3.8) is 0 Å². The lowest BCUT2D eigenvalue weighted by Gasteiger charge is -2.14. The average Bonchev–Trinajstić information content (AvgIpc) is 3.62. The average molecular weight is 692 g/mol. The molecule has 11 aromatic rings. The number of nitrogens with zero attached hydrogens (tertiary/aromatic N) is 3. The lowest BCUT2D eigenvalue weighted by atomic mass is 9.89. The Balaban J connectivity index is 1.10. The van der Waals surface area contributed by atoms with Crippen molar-refractivity contribution in [2.45, 2.75) is 0 Å². The molecule has 0 radical (unpaired) electrons. The lowest BCUT2D eigenvalue weighted by Crippen LogP contribution is -2.00. The van der Waals surface area contributed by atoms with Gasteiger partial charge in [-0.05, 0) is 78.5 Å².